The lowest BCUT2D eigenvalue weighted by Gasteiger charge is -2.23. The van der Waals surface area contributed by atoms with E-state index in [0.717, 1.165) is 12.0 Å². The minimum absolute atomic E-state index is 0.00433. The standard InChI is InChI=1S/C17H28O3S/c1-13(2)11-17(14(3)4)16-7-5-15(6-8-16)12-21(19,20)10-9-18/h5-8,13-14,17-18H,9-12H2,1-4H3. The molecule has 0 heterocycles. The summed E-state index contributed by atoms with van der Waals surface area (Å²) in [5, 5.41) is 8.76. The smallest absolute Gasteiger partial charge is 0.156 e. The van der Waals surface area contributed by atoms with Crippen LogP contribution < -0.4 is 0 Å². The topological polar surface area (TPSA) is 54.4 Å². The van der Waals surface area contributed by atoms with Crippen LogP contribution in [0.3, 0.4) is 0 Å². The van der Waals surface area contributed by atoms with Gasteiger partial charge in [-0.3, -0.25) is 0 Å². The van der Waals surface area contributed by atoms with E-state index in [1.807, 2.05) is 12.1 Å². The van der Waals surface area contributed by atoms with Crippen LogP contribution in [-0.2, 0) is 15.6 Å². The van der Waals surface area contributed by atoms with Crippen LogP contribution in [0.2, 0.25) is 0 Å². The number of hydrogen-bond acceptors (Lipinski definition) is 3. The van der Waals surface area contributed by atoms with E-state index in [-0.39, 0.29) is 18.1 Å². The summed E-state index contributed by atoms with van der Waals surface area (Å²) in [6, 6.07) is 7.91. The van der Waals surface area contributed by atoms with E-state index in [2.05, 4.69) is 39.8 Å². The highest BCUT2D eigenvalue weighted by molar-refractivity contribution is 7.90. The molecule has 0 bridgehead atoms. The van der Waals surface area contributed by atoms with Gasteiger partial charge in [-0.25, -0.2) is 8.42 Å². The van der Waals surface area contributed by atoms with Gasteiger partial charge in [-0.15, -0.1) is 0 Å². The van der Waals surface area contributed by atoms with Crippen LogP contribution in [0.1, 0.15) is 51.2 Å². The summed E-state index contributed by atoms with van der Waals surface area (Å²) in [4.78, 5) is 0. The normalized spacial score (nSPS) is 13.9. The molecule has 1 atom stereocenters. The van der Waals surface area contributed by atoms with Gasteiger partial charge in [0, 0.05) is 0 Å². The van der Waals surface area contributed by atoms with Gasteiger partial charge in [0.2, 0.25) is 0 Å². The second-order valence-corrected chi connectivity index (χ2v) is 8.72. The van der Waals surface area contributed by atoms with Gasteiger partial charge in [-0.05, 0) is 35.3 Å². The lowest BCUT2D eigenvalue weighted by Crippen LogP contribution is -2.13. The van der Waals surface area contributed by atoms with Crippen molar-refractivity contribution in [2.24, 2.45) is 11.8 Å². The molecule has 120 valence electrons. The molecule has 1 N–H and O–H groups in total. The number of sulfone groups is 1. The lowest BCUT2D eigenvalue weighted by molar-refractivity contribution is 0.319. The van der Waals surface area contributed by atoms with Gasteiger partial charge in [-0.2, -0.15) is 0 Å². The third kappa shape index (κ3) is 6.18. The maximum absolute atomic E-state index is 11.7. The largest absolute Gasteiger partial charge is 0.395 e. The molecule has 0 aliphatic carbocycles. The van der Waals surface area contributed by atoms with Crippen LogP contribution in [0.4, 0.5) is 0 Å². The van der Waals surface area contributed by atoms with Gasteiger partial charge < -0.3 is 5.11 Å². The summed E-state index contributed by atoms with van der Waals surface area (Å²) in [5.74, 6) is 1.55. The molecular formula is C17H28O3S. The SMILES string of the molecule is CC(C)CC(c1ccc(CS(=O)(=O)CCO)cc1)C(C)C. The fraction of sp³-hybridized carbons (Fsp3) is 0.647. The Labute approximate surface area is 129 Å². The first-order valence-corrected chi connectivity index (χ1v) is 9.47. The number of benzene rings is 1. The average molecular weight is 312 g/mol. The maximum Gasteiger partial charge on any atom is 0.156 e. The van der Waals surface area contributed by atoms with Crippen LogP contribution in [0.25, 0.3) is 0 Å². The molecular weight excluding hydrogens is 284 g/mol. The molecule has 21 heavy (non-hydrogen) atoms. The zero-order chi connectivity index (χ0) is 16.0. The summed E-state index contributed by atoms with van der Waals surface area (Å²) in [5.41, 5.74) is 2.07. The van der Waals surface area contributed by atoms with Crippen molar-refractivity contribution >= 4 is 9.84 Å². The second kappa shape index (κ2) is 7.95. The molecule has 1 unspecified atom stereocenters. The second-order valence-electron chi connectivity index (χ2n) is 6.54. The number of rotatable bonds is 8. The molecule has 0 aliphatic rings. The van der Waals surface area contributed by atoms with E-state index in [0.29, 0.717) is 17.8 Å². The van der Waals surface area contributed by atoms with E-state index in [4.69, 9.17) is 5.11 Å². The first-order chi connectivity index (χ1) is 9.75. The fourth-order valence-electron chi connectivity index (χ4n) is 2.63. The van der Waals surface area contributed by atoms with Crippen molar-refractivity contribution in [3.8, 4) is 0 Å². The van der Waals surface area contributed by atoms with E-state index in [1.54, 1.807) is 0 Å². The Hall–Kier alpha value is -0.870. The average Bonchev–Trinajstić information content (AvgIpc) is 2.36. The van der Waals surface area contributed by atoms with Crippen molar-refractivity contribution in [3.63, 3.8) is 0 Å². The van der Waals surface area contributed by atoms with Gasteiger partial charge in [0.05, 0.1) is 18.1 Å². The Balaban J connectivity index is 2.85. The zero-order valence-corrected chi connectivity index (χ0v) is 14.4. The predicted molar refractivity (Wildman–Crippen MR) is 88.1 cm³/mol. The summed E-state index contributed by atoms with van der Waals surface area (Å²) in [6.45, 7) is 8.60. The molecule has 0 aliphatic heterocycles. The molecule has 0 radical (unpaired) electrons. The fourth-order valence-corrected chi connectivity index (χ4v) is 3.75. The van der Waals surface area contributed by atoms with Crippen molar-refractivity contribution in [2.45, 2.75) is 45.8 Å². The van der Waals surface area contributed by atoms with E-state index in [1.165, 1.54) is 5.56 Å². The van der Waals surface area contributed by atoms with Crippen LogP contribution in [0.5, 0.6) is 0 Å². The third-order valence-electron chi connectivity index (χ3n) is 3.73. The molecule has 0 aromatic heterocycles. The molecule has 1 rings (SSSR count). The van der Waals surface area contributed by atoms with Crippen LogP contribution in [0.15, 0.2) is 24.3 Å². The Morgan fingerprint density at radius 2 is 1.62 bits per heavy atom. The van der Waals surface area contributed by atoms with Crippen molar-refractivity contribution in [3.05, 3.63) is 35.4 Å². The Kier molecular flexibility index (Phi) is 6.88. The first-order valence-electron chi connectivity index (χ1n) is 7.65. The summed E-state index contributed by atoms with van der Waals surface area (Å²) < 4.78 is 23.4. The molecule has 0 fully saturated rings. The van der Waals surface area contributed by atoms with Crippen molar-refractivity contribution in [2.75, 3.05) is 12.4 Å². The van der Waals surface area contributed by atoms with Crippen molar-refractivity contribution < 1.29 is 13.5 Å². The highest BCUT2D eigenvalue weighted by Gasteiger charge is 2.18. The van der Waals surface area contributed by atoms with Gasteiger partial charge in [0.1, 0.15) is 0 Å². The number of aliphatic hydroxyl groups is 1. The van der Waals surface area contributed by atoms with Gasteiger partial charge >= 0.3 is 0 Å². The minimum atomic E-state index is -3.20. The molecule has 3 nitrogen and oxygen atoms in total. The number of aliphatic hydroxyl groups excluding tert-OH is 1. The Bertz CT molecular complexity index is 515. The van der Waals surface area contributed by atoms with E-state index in [9.17, 15) is 8.42 Å². The maximum atomic E-state index is 11.7. The van der Waals surface area contributed by atoms with Crippen LogP contribution in [0, 0.1) is 11.8 Å². The molecule has 1 aromatic carbocycles. The summed E-state index contributed by atoms with van der Waals surface area (Å²) in [7, 11) is -3.20. The van der Waals surface area contributed by atoms with Crippen molar-refractivity contribution in [1.29, 1.82) is 0 Å². The molecule has 0 spiro atoms. The zero-order valence-electron chi connectivity index (χ0n) is 13.5. The van der Waals surface area contributed by atoms with Crippen molar-refractivity contribution in [1.82, 2.24) is 0 Å². The van der Waals surface area contributed by atoms with Gasteiger partial charge in [0.25, 0.3) is 0 Å². The Morgan fingerprint density at radius 3 is 2.05 bits per heavy atom. The van der Waals surface area contributed by atoms with E-state index < -0.39 is 9.84 Å². The van der Waals surface area contributed by atoms with E-state index >= 15 is 0 Å². The van der Waals surface area contributed by atoms with Crippen LogP contribution in [-0.4, -0.2) is 25.9 Å². The quantitative estimate of drug-likeness (QED) is 0.800. The molecule has 0 saturated heterocycles. The highest BCUT2D eigenvalue weighted by atomic mass is 32.2. The monoisotopic (exact) mass is 312 g/mol. The van der Waals surface area contributed by atoms with Gasteiger partial charge in [0.15, 0.2) is 9.84 Å². The predicted octanol–water partition coefficient (Wildman–Crippen LogP) is 3.38. The number of hydrogen-bond donors (Lipinski definition) is 1. The summed E-state index contributed by atoms with van der Waals surface area (Å²) in [6.07, 6.45) is 1.14. The molecule has 0 amide bonds. The Morgan fingerprint density at radius 1 is 1.05 bits per heavy atom. The highest BCUT2D eigenvalue weighted by Crippen LogP contribution is 2.31. The van der Waals surface area contributed by atoms with Crippen LogP contribution >= 0.6 is 0 Å². The first kappa shape index (κ1) is 18.2. The third-order valence-corrected chi connectivity index (χ3v) is 5.30. The molecule has 4 heteroatoms. The van der Waals surface area contributed by atoms with Gasteiger partial charge in [-0.1, -0.05) is 52.0 Å². The lowest BCUT2D eigenvalue weighted by atomic mass is 9.82. The molecule has 0 saturated carbocycles. The molecule has 1 aromatic rings. The minimum Gasteiger partial charge on any atom is -0.395 e. The summed E-state index contributed by atoms with van der Waals surface area (Å²) >= 11 is 0.